The van der Waals surface area contributed by atoms with Crippen LogP contribution in [0, 0.1) is 20.2 Å². The van der Waals surface area contributed by atoms with Gasteiger partial charge >= 0.3 is 5.69 Å². The largest absolute Gasteiger partial charge is 0.378 e. The highest BCUT2D eigenvalue weighted by Gasteiger charge is 2.20. The number of nitrogens with two attached hydrogens (primary N) is 1. The predicted molar refractivity (Wildman–Crippen MR) is 77.4 cm³/mol. The summed E-state index contributed by atoms with van der Waals surface area (Å²) in [6, 6.07) is 5.58. The summed E-state index contributed by atoms with van der Waals surface area (Å²) in [5.41, 5.74) is 7.81. The van der Waals surface area contributed by atoms with E-state index in [9.17, 15) is 20.2 Å². The first-order valence-electron chi connectivity index (χ1n) is 5.77. The third kappa shape index (κ3) is 3.27. The number of nitrogens with one attached hydrogen (secondary N) is 1. The van der Waals surface area contributed by atoms with Gasteiger partial charge < -0.3 is 5.73 Å². The minimum absolute atomic E-state index is 0.0516. The van der Waals surface area contributed by atoms with E-state index in [4.69, 9.17) is 5.73 Å². The highest BCUT2D eigenvalue weighted by atomic mass is 16.6. The van der Waals surface area contributed by atoms with Crippen molar-refractivity contribution in [1.82, 2.24) is 9.97 Å². The fraction of sp³-hybridized carbons (Fsp3) is 0. The zero-order valence-electron chi connectivity index (χ0n) is 10.9. The lowest BCUT2D eigenvalue weighted by molar-refractivity contribution is -0.384. The molecular formula is C11H9N7O4. The number of rotatable bonds is 5. The molecule has 0 saturated heterocycles. The van der Waals surface area contributed by atoms with Gasteiger partial charge in [-0.1, -0.05) is 0 Å². The SMILES string of the molecule is Nc1ncnc(NN=Cc2ccc([N+](=O)[O-])cc2)c1[N+](=O)[O-]. The Hall–Kier alpha value is -3.63. The molecule has 0 amide bonds. The number of nitro groups is 2. The van der Waals surface area contributed by atoms with E-state index in [2.05, 4.69) is 20.5 Å². The molecule has 0 saturated carbocycles. The van der Waals surface area contributed by atoms with Crippen LogP contribution in [0.15, 0.2) is 35.7 Å². The molecule has 0 fully saturated rings. The van der Waals surface area contributed by atoms with Crippen LogP contribution in [-0.4, -0.2) is 26.0 Å². The Morgan fingerprint density at radius 3 is 2.41 bits per heavy atom. The average molecular weight is 303 g/mol. The summed E-state index contributed by atoms with van der Waals surface area (Å²) in [6.45, 7) is 0. The van der Waals surface area contributed by atoms with Crippen molar-refractivity contribution in [3.63, 3.8) is 0 Å². The van der Waals surface area contributed by atoms with Gasteiger partial charge in [-0.3, -0.25) is 25.7 Å². The fourth-order valence-electron chi connectivity index (χ4n) is 1.50. The lowest BCUT2D eigenvalue weighted by atomic mass is 10.2. The van der Waals surface area contributed by atoms with E-state index in [-0.39, 0.29) is 17.3 Å². The second-order valence-electron chi connectivity index (χ2n) is 3.93. The number of benzene rings is 1. The quantitative estimate of drug-likeness (QED) is 0.474. The fourth-order valence-corrected chi connectivity index (χ4v) is 1.50. The van der Waals surface area contributed by atoms with Gasteiger partial charge in [0, 0.05) is 12.1 Å². The van der Waals surface area contributed by atoms with E-state index in [0.717, 1.165) is 6.33 Å². The summed E-state index contributed by atoms with van der Waals surface area (Å²) < 4.78 is 0. The number of anilines is 2. The molecule has 1 aromatic carbocycles. The number of nitrogen functional groups attached to an aromatic ring is 1. The van der Waals surface area contributed by atoms with Gasteiger partial charge in [0.1, 0.15) is 6.33 Å². The minimum Gasteiger partial charge on any atom is -0.378 e. The zero-order chi connectivity index (χ0) is 16.1. The van der Waals surface area contributed by atoms with Gasteiger partial charge in [0.2, 0.25) is 11.6 Å². The van der Waals surface area contributed by atoms with Crippen molar-refractivity contribution in [2.24, 2.45) is 5.10 Å². The maximum Gasteiger partial charge on any atom is 0.354 e. The molecule has 11 heteroatoms. The number of hydrazone groups is 1. The smallest absolute Gasteiger partial charge is 0.354 e. The molecule has 1 aromatic heterocycles. The third-order valence-electron chi connectivity index (χ3n) is 2.52. The van der Waals surface area contributed by atoms with Gasteiger partial charge in [0.15, 0.2) is 0 Å². The Morgan fingerprint density at radius 2 is 1.82 bits per heavy atom. The Morgan fingerprint density at radius 1 is 1.14 bits per heavy atom. The molecule has 2 aromatic rings. The van der Waals surface area contributed by atoms with Crippen LogP contribution in [0.2, 0.25) is 0 Å². The number of hydrogen-bond acceptors (Lipinski definition) is 9. The van der Waals surface area contributed by atoms with Gasteiger partial charge in [0.05, 0.1) is 16.1 Å². The van der Waals surface area contributed by atoms with Crippen LogP contribution < -0.4 is 11.2 Å². The molecule has 0 aliphatic carbocycles. The van der Waals surface area contributed by atoms with E-state index in [1.165, 1.54) is 30.5 Å². The number of non-ortho nitro benzene ring substituents is 1. The summed E-state index contributed by atoms with van der Waals surface area (Å²) >= 11 is 0. The van der Waals surface area contributed by atoms with E-state index in [1.807, 2.05) is 0 Å². The third-order valence-corrected chi connectivity index (χ3v) is 2.52. The van der Waals surface area contributed by atoms with Crippen LogP contribution in [0.5, 0.6) is 0 Å². The summed E-state index contributed by atoms with van der Waals surface area (Å²) in [6.07, 6.45) is 2.39. The molecule has 0 unspecified atom stereocenters. The molecule has 0 bridgehead atoms. The molecule has 3 N–H and O–H groups in total. The van der Waals surface area contributed by atoms with Gasteiger partial charge in [-0.05, 0) is 17.7 Å². The van der Waals surface area contributed by atoms with Crippen LogP contribution in [0.25, 0.3) is 0 Å². The number of nitro benzene ring substituents is 1. The van der Waals surface area contributed by atoms with Crippen LogP contribution in [0.4, 0.5) is 23.0 Å². The summed E-state index contributed by atoms with van der Waals surface area (Å²) in [7, 11) is 0. The van der Waals surface area contributed by atoms with Gasteiger partial charge in [-0.2, -0.15) is 5.10 Å². The Balaban J connectivity index is 2.14. The van der Waals surface area contributed by atoms with E-state index in [0.29, 0.717) is 5.56 Å². The predicted octanol–water partition coefficient (Wildman–Crippen LogP) is 1.32. The highest BCUT2D eigenvalue weighted by Crippen LogP contribution is 2.26. The van der Waals surface area contributed by atoms with Crippen LogP contribution in [0.3, 0.4) is 0 Å². The van der Waals surface area contributed by atoms with Crippen LogP contribution in [-0.2, 0) is 0 Å². The maximum absolute atomic E-state index is 10.9. The second kappa shape index (κ2) is 6.21. The van der Waals surface area contributed by atoms with Crippen molar-refractivity contribution in [2.75, 3.05) is 11.2 Å². The first-order chi connectivity index (χ1) is 10.5. The summed E-state index contributed by atoms with van der Waals surface area (Å²) in [4.78, 5) is 27.3. The monoisotopic (exact) mass is 303 g/mol. The van der Waals surface area contributed by atoms with Crippen molar-refractivity contribution in [3.8, 4) is 0 Å². The lowest BCUT2D eigenvalue weighted by Gasteiger charge is -2.01. The molecule has 112 valence electrons. The number of hydrogen-bond donors (Lipinski definition) is 2. The zero-order valence-corrected chi connectivity index (χ0v) is 10.9. The average Bonchev–Trinajstić information content (AvgIpc) is 2.47. The van der Waals surface area contributed by atoms with Crippen molar-refractivity contribution in [2.45, 2.75) is 0 Å². The molecule has 0 spiro atoms. The molecule has 2 rings (SSSR count). The number of nitrogens with zero attached hydrogens (tertiary/aromatic N) is 5. The molecule has 0 aliphatic rings. The summed E-state index contributed by atoms with van der Waals surface area (Å²) in [5, 5.41) is 25.2. The van der Waals surface area contributed by atoms with Crippen molar-refractivity contribution in [1.29, 1.82) is 0 Å². The van der Waals surface area contributed by atoms with Gasteiger partial charge in [0.25, 0.3) is 5.69 Å². The van der Waals surface area contributed by atoms with E-state index < -0.39 is 15.5 Å². The lowest BCUT2D eigenvalue weighted by Crippen LogP contribution is -2.04. The Bertz CT molecular complexity index is 745. The van der Waals surface area contributed by atoms with Crippen LogP contribution in [0.1, 0.15) is 5.56 Å². The van der Waals surface area contributed by atoms with Crippen molar-refractivity contribution in [3.05, 3.63) is 56.4 Å². The van der Waals surface area contributed by atoms with Crippen molar-refractivity contribution < 1.29 is 9.85 Å². The molecule has 1 heterocycles. The molecule has 22 heavy (non-hydrogen) atoms. The summed E-state index contributed by atoms with van der Waals surface area (Å²) in [5.74, 6) is -0.441. The first-order valence-corrected chi connectivity index (χ1v) is 5.77. The van der Waals surface area contributed by atoms with E-state index in [1.54, 1.807) is 0 Å². The normalized spacial score (nSPS) is 10.5. The van der Waals surface area contributed by atoms with Crippen molar-refractivity contribution >= 4 is 29.2 Å². The highest BCUT2D eigenvalue weighted by molar-refractivity contribution is 5.81. The van der Waals surface area contributed by atoms with Gasteiger partial charge in [-0.15, -0.1) is 0 Å². The maximum atomic E-state index is 10.9. The second-order valence-corrected chi connectivity index (χ2v) is 3.93. The van der Waals surface area contributed by atoms with Gasteiger partial charge in [-0.25, -0.2) is 9.97 Å². The molecular weight excluding hydrogens is 294 g/mol. The first kappa shape index (κ1) is 14.8. The molecule has 11 nitrogen and oxygen atoms in total. The molecule has 0 aliphatic heterocycles. The minimum atomic E-state index is -0.723. The molecule has 0 atom stereocenters. The Kier molecular flexibility index (Phi) is 4.17. The Labute approximate surface area is 122 Å². The standard InChI is InChI=1S/C11H9N7O4/c12-10-9(18(21)22)11(14-6-13-10)16-15-5-7-1-3-8(4-2-7)17(19)20/h1-6H,(H3,12,13,14,16). The van der Waals surface area contributed by atoms with Crippen LogP contribution >= 0.6 is 0 Å². The number of aromatic nitrogens is 2. The topological polar surface area (TPSA) is 162 Å². The van der Waals surface area contributed by atoms with E-state index >= 15 is 0 Å². The molecule has 0 radical (unpaired) electrons.